The van der Waals surface area contributed by atoms with Crippen LogP contribution < -0.4 is 10.1 Å². The molecule has 0 radical (unpaired) electrons. The highest BCUT2D eigenvalue weighted by Gasteiger charge is 2.09. The van der Waals surface area contributed by atoms with E-state index >= 15 is 0 Å². The van der Waals surface area contributed by atoms with Crippen molar-refractivity contribution in [2.24, 2.45) is 0 Å². The third-order valence-electron chi connectivity index (χ3n) is 3.65. The Morgan fingerprint density at radius 3 is 2.50 bits per heavy atom. The molecule has 9 heteroatoms. The number of nitro groups is 1. The molecule has 2 rings (SSSR count). The molecular formula is C21H20N2O7. The van der Waals surface area contributed by atoms with Gasteiger partial charge in [-0.05, 0) is 35.9 Å². The molecule has 2 aromatic rings. The Balaban J connectivity index is 1.70. The number of anilines is 1. The summed E-state index contributed by atoms with van der Waals surface area (Å²) in [6.45, 7) is 1.48. The van der Waals surface area contributed by atoms with Gasteiger partial charge in [0.1, 0.15) is 25.4 Å². The first-order valence-corrected chi connectivity index (χ1v) is 8.95. The number of nitrogens with one attached hydrogen (secondary N) is 1. The zero-order chi connectivity index (χ0) is 21.9. The highest BCUT2D eigenvalue weighted by Crippen LogP contribution is 2.16. The number of non-ortho nitro benzene ring substituents is 1. The Morgan fingerprint density at radius 1 is 1.10 bits per heavy atom. The minimum atomic E-state index is -0.701. The Kier molecular flexibility index (Phi) is 8.25. The second-order valence-electron chi connectivity index (χ2n) is 6.10. The van der Waals surface area contributed by atoms with Crippen LogP contribution in [-0.4, -0.2) is 35.8 Å². The number of carbonyl (C=O) groups is 3. The number of esters is 1. The van der Waals surface area contributed by atoms with E-state index in [1.54, 1.807) is 30.3 Å². The van der Waals surface area contributed by atoms with Crippen molar-refractivity contribution in [3.63, 3.8) is 0 Å². The molecule has 0 fully saturated rings. The summed E-state index contributed by atoms with van der Waals surface area (Å²) in [5, 5.41) is 13.4. The number of nitro benzene ring substituents is 1. The first-order valence-electron chi connectivity index (χ1n) is 8.95. The molecule has 0 aliphatic carbocycles. The van der Waals surface area contributed by atoms with Gasteiger partial charge in [-0.2, -0.15) is 0 Å². The van der Waals surface area contributed by atoms with E-state index in [1.165, 1.54) is 37.3 Å². The molecule has 0 aliphatic heterocycles. The monoisotopic (exact) mass is 412 g/mol. The van der Waals surface area contributed by atoms with Crippen LogP contribution in [0.2, 0.25) is 0 Å². The largest absolute Gasteiger partial charge is 0.490 e. The molecule has 9 nitrogen and oxygen atoms in total. The van der Waals surface area contributed by atoms with Crippen molar-refractivity contribution in [3.8, 4) is 5.75 Å². The van der Waals surface area contributed by atoms with Crippen molar-refractivity contribution < 1.29 is 28.8 Å². The molecule has 1 amide bonds. The van der Waals surface area contributed by atoms with Crippen LogP contribution in [-0.2, 0) is 19.1 Å². The number of allylic oxidation sites excluding steroid dienone is 1. The molecule has 156 valence electrons. The van der Waals surface area contributed by atoms with Crippen LogP contribution in [0.5, 0.6) is 5.75 Å². The van der Waals surface area contributed by atoms with Gasteiger partial charge in [-0.25, -0.2) is 0 Å². The van der Waals surface area contributed by atoms with Gasteiger partial charge in [0.05, 0.1) is 4.92 Å². The first kappa shape index (κ1) is 22.3. The maximum Gasteiger partial charge on any atom is 0.313 e. The van der Waals surface area contributed by atoms with E-state index in [0.717, 1.165) is 0 Å². The van der Waals surface area contributed by atoms with Crippen molar-refractivity contribution in [2.45, 2.75) is 13.3 Å². The Labute approximate surface area is 172 Å². The summed E-state index contributed by atoms with van der Waals surface area (Å²) >= 11 is 0. The Hall–Kier alpha value is -4.01. The van der Waals surface area contributed by atoms with Crippen LogP contribution in [0.15, 0.2) is 54.6 Å². The SMILES string of the molecule is CC(=O)Nc1ccc(OCCOC(=O)CC(=O)/C=C\c2cccc([N+](=O)[O-])c2)cc1. The zero-order valence-corrected chi connectivity index (χ0v) is 16.2. The van der Waals surface area contributed by atoms with Crippen LogP contribution in [0, 0.1) is 10.1 Å². The van der Waals surface area contributed by atoms with E-state index in [0.29, 0.717) is 17.0 Å². The predicted molar refractivity (Wildman–Crippen MR) is 109 cm³/mol. The molecule has 0 aromatic heterocycles. The van der Waals surface area contributed by atoms with E-state index < -0.39 is 23.1 Å². The summed E-state index contributed by atoms with van der Waals surface area (Å²) < 4.78 is 10.4. The minimum Gasteiger partial charge on any atom is -0.490 e. The molecule has 0 bridgehead atoms. The molecule has 2 aromatic carbocycles. The van der Waals surface area contributed by atoms with Crippen LogP contribution in [0.25, 0.3) is 6.08 Å². The number of amides is 1. The third-order valence-corrected chi connectivity index (χ3v) is 3.65. The van der Waals surface area contributed by atoms with E-state index in [2.05, 4.69) is 5.32 Å². The second-order valence-corrected chi connectivity index (χ2v) is 6.10. The van der Waals surface area contributed by atoms with Gasteiger partial charge in [0, 0.05) is 24.7 Å². The smallest absolute Gasteiger partial charge is 0.313 e. The number of hydrogen-bond donors (Lipinski definition) is 1. The zero-order valence-electron chi connectivity index (χ0n) is 16.2. The molecule has 0 saturated carbocycles. The lowest BCUT2D eigenvalue weighted by Gasteiger charge is -2.08. The van der Waals surface area contributed by atoms with Crippen LogP contribution in [0.4, 0.5) is 11.4 Å². The molecule has 1 N–H and O–H groups in total. The number of hydrogen-bond acceptors (Lipinski definition) is 7. The fourth-order valence-corrected chi connectivity index (χ4v) is 2.34. The number of ketones is 1. The first-order chi connectivity index (χ1) is 14.3. The lowest BCUT2D eigenvalue weighted by molar-refractivity contribution is -0.384. The molecule has 0 unspecified atom stereocenters. The molecular weight excluding hydrogens is 392 g/mol. The van der Waals surface area contributed by atoms with Crippen molar-refractivity contribution in [1.29, 1.82) is 0 Å². The Bertz CT molecular complexity index is 952. The van der Waals surface area contributed by atoms with E-state index in [-0.39, 0.29) is 24.8 Å². The molecule has 0 saturated heterocycles. The number of rotatable bonds is 10. The minimum absolute atomic E-state index is 0.0336. The van der Waals surface area contributed by atoms with Gasteiger partial charge in [-0.15, -0.1) is 0 Å². The van der Waals surface area contributed by atoms with Gasteiger partial charge in [0.15, 0.2) is 5.78 Å². The van der Waals surface area contributed by atoms with Gasteiger partial charge in [-0.1, -0.05) is 18.2 Å². The maximum absolute atomic E-state index is 11.8. The quantitative estimate of drug-likeness (QED) is 0.159. The number of benzene rings is 2. The van der Waals surface area contributed by atoms with Gasteiger partial charge in [0.2, 0.25) is 5.91 Å². The Morgan fingerprint density at radius 2 is 1.83 bits per heavy atom. The maximum atomic E-state index is 11.8. The fraction of sp³-hybridized carbons (Fsp3) is 0.190. The van der Waals surface area contributed by atoms with Gasteiger partial charge in [-0.3, -0.25) is 24.5 Å². The van der Waals surface area contributed by atoms with Gasteiger partial charge in [0.25, 0.3) is 5.69 Å². The normalized spacial score (nSPS) is 10.4. The van der Waals surface area contributed by atoms with E-state index in [4.69, 9.17) is 9.47 Å². The summed E-state index contributed by atoms with van der Waals surface area (Å²) in [5.41, 5.74) is 1.02. The van der Waals surface area contributed by atoms with Crippen molar-refractivity contribution >= 4 is 35.1 Å². The average Bonchev–Trinajstić information content (AvgIpc) is 2.70. The van der Waals surface area contributed by atoms with Crippen LogP contribution in [0.3, 0.4) is 0 Å². The van der Waals surface area contributed by atoms with Gasteiger partial charge < -0.3 is 14.8 Å². The summed E-state index contributed by atoms with van der Waals surface area (Å²) in [6, 6.07) is 12.5. The lowest BCUT2D eigenvalue weighted by atomic mass is 10.1. The van der Waals surface area contributed by atoms with E-state index in [1.807, 2.05) is 0 Å². The highest BCUT2D eigenvalue weighted by atomic mass is 16.6. The van der Waals surface area contributed by atoms with Crippen LogP contribution >= 0.6 is 0 Å². The molecule has 0 heterocycles. The average molecular weight is 412 g/mol. The number of carbonyl (C=O) groups excluding carboxylic acids is 3. The summed E-state index contributed by atoms with van der Waals surface area (Å²) in [5.74, 6) is -0.824. The van der Waals surface area contributed by atoms with Gasteiger partial charge >= 0.3 is 5.97 Å². The van der Waals surface area contributed by atoms with E-state index in [9.17, 15) is 24.5 Å². The van der Waals surface area contributed by atoms with Crippen molar-refractivity contribution in [1.82, 2.24) is 0 Å². The predicted octanol–water partition coefficient (Wildman–Crippen LogP) is 3.15. The topological polar surface area (TPSA) is 125 Å². The van der Waals surface area contributed by atoms with Crippen molar-refractivity contribution in [3.05, 3.63) is 70.3 Å². The second kappa shape index (κ2) is 11.1. The summed E-state index contributed by atoms with van der Waals surface area (Å²) in [7, 11) is 0. The van der Waals surface area contributed by atoms with Crippen LogP contribution in [0.1, 0.15) is 18.9 Å². The summed E-state index contributed by atoms with van der Waals surface area (Å²) in [6.07, 6.45) is 2.13. The molecule has 0 spiro atoms. The third kappa shape index (κ3) is 7.93. The number of nitrogens with zero attached hydrogens (tertiary/aromatic N) is 1. The molecule has 30 heavy (non-hydrogen) atoms. The highest BCUT2D eigenvalue weighted by molar-refractivity contribution is 6.04. The van der Waals surface area contributed by atoms with Crippen molar-refractivity contribution in [2.75, 3.05) is 18.5 Å². The molecule has 0 aliphatic rings. The molecule has 0 atom stereocenters. The number of ether oxygens (including phenoxy) is 2. The summed E-state index contributed by atoms with van der Waals surface area (Å²) in [4.78, 5) is 44.7. The lowest BCUT2D eigenvalue weighted by Crippen LogP contribution is -2.14. The standard InChI is InChI=1S/C21H20N2O7/c1-15(24)22-17-6-9-20(10-7-17)29-11-12-30-21(26)14-19(25)8-5-16-3-2-4-18(13-16)23(27)28/h2-10,13H,11-12,14H2,1H3,(H,22,24)/b8-5-. The fourth-order valence-electron chi connectivity index (χ4n) is 2.34.